The summed E-state index contributed by atoms with van der Waals surface area (Å²) in [5, 5.41) is 3.22. The molecule has 3 heteroatoms. The van der Waals surface area contributed by atoms with Gasteiger partial charge in [-0.2, -0.15) is 0 Å². The smallest absolute Gasteiger partial charge is 0.0479 e. The van der Waals surface area contributed by atoms with Crippen LogP contribution < -0.4 is 5.32 Å². The van der Waals surface area contributed by atoms with E-state index >= 15 is 0 Å². The third-order valence-corrected chi connectivity index (χ3v) is 3.05. The van der Waals surface area contributed by atoms with E-state index in [9.17, 15) is 0 Å². The van der Waals surface area contributed by atoms with Crippen molar-refractivity contribution in [3.63, 3.8) is 0 Å². The maximum absolute atomic E-state index is 3.22. The Morgan fingerprint density at radius 2 is 2.25 bits per heavy atom. The van der Waals surface area contributed by atoms with E-state index in [-0.39, 0.29) is 0 Å². The predicted octanol–water partition coefficient (Wildman–Crippen LogP) is -0.0567. The summed E-state index contributed by atoms with van der Waals surface area (Å²) in [6.45, 7) is 6.22. The van der Waals surface area contributed by atoms with Gasteiger partial charge in [0.05, 0.1) is 0 Å². The Bertz CT molecular complexity index is 149. The molecule has 2 saturated heterocycles. The lowest BCUT2D eigenvalue weighted by Gasteiger charge is -2.37. The van der Waals surface area contributed by atoms with Crippen LogP contribution in [0.5, 0.6) is 0 Å². The van der Waals surface area contributed by atoms with Crippen LogP contribution in [-0.4, -0.2) is 55.7 Å². The van der Waals surface area contributed by atoms with E-state index in [1.165, 1.54) is 39.0 Å². The summed E-state index contributed by atoms with van der Waals surface area (Å²) in [6, 6.07) is 0.868. The van der Waals surface area contributed by atoms with Crippen molar-refractivity contribution in [1.29, 1.82) is 0 Å². The Morgan fingerprint density at radius 3 is 3.08 bits per heavy atom. The monoisotopic (exact) mass is 169 g/mol. The normalized spacial score (nSPS) is 32.2. The molecule has 2 heterocycles. The number of hydrogen-bond acceptors (Lipinski definition) is 3. The van der Waals surface area contributed by atoms with Crippen LogP contribution >= 0.6 is 0 Å². The Hall–Kier alpha value is -0.120. The number of nitrogens with zero attached hydrogens (tertiary/aromatic N) is 2. The van der Waals surface area contributed by atoms with Gasteiger partial charge in [0.25, 0.3) is 0 Å². The summed E-state index contributed by atoms with van der Waals surface area (Å²) in [4.78, 5) is 5.17. The molecule has 0 amide bonds. The van der Waals surface area contributed by atoms with Crippen molar-refractivity contribution in [2.24, 2.45) is 0 Å². The molecule has 1 unspecified atom stereocenters. The fourth-order valence-corrected chi connectivity index (χ4v) is 2.42. The van der Waals surface area contributed by atoms with Crippen molar-refractivity contribution in [2.75, 3.05) is 39.9 Å². The first-order valence-electron chi connectivity index (χ1n) is 5.01. The summed E-state index contributed by atoms with van der Waals surface area (Å²) < 4.78 is 0. The van der Waals surface area contributed by atoms with Gasteiger partial charge in [0.1, 0.15) is 0 Å². The van der Waals surface area contributed by atoms with E-state index in [4.69, 9.17) is 0 Å². The van der Waals surface area contributed by atoms with Crippen molar-refractivity contribution in [3.05, 3.63) is 0 Å². The molecule has 2 fully saturated rings. The molecule has 0 aromatic rings. The van der Waals surface area contributed by atoms with Crippen LogP contribution in [0, 0.1) is 0 Å². The van der Waals surface area contributed by atoms with Crippen LogP contribution in [0.2, 0.25) is 0 Å². The molecule has 1 N–H and O–H groups in total. The van der Waals surface area contributed by atoms with Crippen molar-refractivity contribution in [2.45, 2.75) is 18.9 Å². The van der Waals surface area contributed by atoms with Crippen LogP contribution in [0.25, 0.3) is 0 Å². The molecule has 0 bridgehead atoms. The van der Waals surface area contributed by atoms with Crippen molar-refractivity contribution < 1.29 is 0 Å². The van der Waals surface area contributed by atoms with E-state index in [2.05, 4.69) is 15.1 Å². The fourth-order valence-electron chi connectivity index (χ4n) is 2.42. The first kappa shape index (κ1) is 8.48. The van der Waals surface area contributed by atoms with Gasteiger partial charge in [0.15, 0.2) is 0 Å². The van der Waals surface area contributed by atoms with Gasteiger partial charge in [-0.1, -0.05) is 0 Å². The highest BCUT2D eigenvalue weighted by Gasteiger charge is 2.29. The quantitative estimate of drug-likeness (QED) is 0.625. The molecule has 0 saturated carbocycles. The first-order chi connectivity index (χ1) is 5.90. The molecule has 70 valence electrons. The highest BCUT2D eigenvalue weighted by Crippen LogP contribution is 2.20. The SMILES string of the molecule is CNCN1CCN2CCCC2C1. The summed E-state index contributed by atoms with van der Waals surface area (Å²) in [5.41, 5.74) is 0. The second-order valence-corrected chi connectivity index (χ2v) is 3.92. The lowest BCUT2D eigenvalue weighted by Crippen LogP contribution is -2.51. The van der Waals surface area contributed by atoms with E-state index in [0.29, 0.717) is 0 Å². The number of fused-ring (bicyclic) bond motifs is 1. The molecule has 0 aromatic heterocycles. The van der Waals surface area contributed by atoms with Crippen molar-refractivity contribution in [3.8, 4) is 0 Å². The molecule has 0 spiro atoms. The minimum Gasteiger partial charge on any atom is -0.307 e. The second kappa shape index (κ2) is 3.73. The van der Waals surface area contributed by atoms with Crippen LogP contribution in [0.1, 0.15) is 12.8 Å². The van der Waals surface area contributed by atoms with Gasteiger partial charge in [-0.3, -0.25) is 9.80 Å². The van der Waals surface area contributed by atoms with Gasteiger partial charge in [-0.25, -0.2) is 0 Å². The number of nitrogens with one attached hydrogen (secondary N) is 1. The molecule has 12 heavy (non-hydrogen) atoms. The highest BCUT2D eigenvalue weighted by atomic mass is 15.3. The standard InChI is InChI=1S/C9H19N3/c1-10-8-11-5-6-12-4-2-3-9(12)7-11/h9-10H,2-8H2,1H3. The van der Waals surface area contributed by atoms with Gasteiger partial charge >= 0.3 is 0 Å². The molecular weight excluding hydrogens is 150 g/mol. The first-order valence-corrected chi connectivity index (χ1v) is 5.01. The molecule has 2 aliphatic heterocycles. The second-order valence-electron chi connectivity index (χ2n) is 3.92. The lowest BCUT2D eigenvalue weighted by atomic mass is 10.2. The summed E-state index contributed by atoms with van der Waals surface area (Å²) >= 11 is 0. The van der Waals surface area contributed by atoms with Crippen molar-refractivity contribution >= 4 is 0 Å². The Morgan fingerprint density at radius 1 is 1.33 bits per heavy atom. The van der Waals surface area contributed by atoms with E-state index in [0.717, 1.165) is 12.7 Å². The largest absolute Gasteiger partial charge is 0.307 e. The molecule has 0 aliphatic carbocycles. The lowest BCUT2D eigenvalue weighted by molar-refractivity contribution is 0.100. The maximum Gasteiger partial charge on any atom is 0.0479 e. The van der Waals surface area contributed by atoms with Gasteiger partial charge in [-0.15, -0.1) is 0 Å². The summed E-state index contributed by atoms with van der Waals surface area (Å²) in [5.74, 6) is 0. The zero-order valence-corrected chi connectivity index (χ0v) is 7.92. The van der Waals surface area contributed by atoms with Crippen molar-refractivity contribution in [1.82, 2.24) is 15.1 Å². The zero-order chi connectivity index (χ0) is 8.39. The molecule has 1 atom stereocenters. The number of piperazine rings is 1. The van der Waals surface area contributed by atoms with E-state index in [1.54, 1.807) is 0 Å². The third kappa shape index (κ3) is 1.63. The molecule has 0 radical (unpaired) electrons. The van der Waals surface area contributed by atoms with Gasteiger partial charge in [-0.05, 0) is 26.4 Å². The van der Waals surface area contributed by atoms with Gasteiger partial charge in [0, 0.05) is 32.3 Å². The minimum atomic E-state index is 0.868. The van der Waals surface area contributed by atoms with Crippen LogP contribution in [0.4, 0.5) is 0 Å². The Labute approximate surface area is 74.7 Å². The number of rotatable bonds is 2. The van der Waals surface area contributed by atoms with E-state index < -0.39 is 0 Å². The Balaban J connectivity index is 1.84. The summed E-state index contributed by atoms with van der Waals surface area (Å²) in [6.07, 6.45) is 2.83. The van der Waals surface area contributed by atoms with Gasteiger partial charge < -0.3 is 5.32 Å². The predicted molar refractivity (Wildman–Crippen MR) is 50.1 cm³/mol. The molecule has 2 aliphatic rings. The molecule has 3 nitrogen and oxygen atoms in total. The molecule has 2 rings (SSSR count). The summed E-state index contributed by atoms with van der Waals surface area (Å²) in [7, 11) is 2.03. The van der Waals surface area contributed by atoms with E-state index in [1.807, 2.05) is 7.05 Å². The topological polar surface area (TPSA) is 18.5 Å². The van der Waals surface area contributed by atoms with Crippen LogP contribution in [-0.2, 0) is 0 Å². The highest BCUT2D eigenvalue weighted by molar-refractivity contribution is 4.86. The molecular formula is C9H19N3. The molecule has 0 aromatic carbocycles. The average molecular weight is 169 g/mol. The number of hydrogen-bond donors (Lipinski definition) is 1. The average Bonchev–Trinajstić information content (AvgIpc) is 2.51. The van der Waals surface area contributed by atoms with Crippen LogP contribution in [0.3, 0.4) is 0 Å². The third-order valence-electron chi connectivity index (χ3n) is 3.05. The van der Waals surface area contributed by atoms with Gasteiger partial charge in [0.2, 0.25) is 0 Å². The zero-order valence-electron chi connectivity index (χ0n) is 7.92. The van der Waals surface area contributed by atoms with Crippen LogP contribution in [0.15, 0.2) is 0 Å². The minimum absolute atomic E-state index is 0.868. The fraction of sp³-hybridized carbons (Fsp3) is 1.00. The maximum atomic E-state index is 3.22. The Kier molecular flexibility index (Phi) is 2.63.